The van der Waals surface area contributed by atoms with Crippen molar-refractivity contribution in [2.24, 2.45) is 4.99 Å². The molecule has 0 amide bonds. The Balaban J connectivity index is 1.38. The van der Waals surface area contributed by atoms with E-state index in [4.69, 9.17) is 9.47 Å². The van der Waals surface area contributed by atoms with E-state index in [2.05, 4.69) is 44.8 Å². The maximum absolute atomic E-state index is 5.81. The number of likely N-dealkylation sites (tertiary alicyclic amines) is 1. The van der Waals surface area contributed by atoms with E-state index >= 15 is 0 Å². The van der Waals surface area contributed by atoms with Gasteiger partial charge in [0.1, 0.15) is 0 Å². The molecule has 0 aliphatic carbocycles. The van der Waals surface area contributed by atoms with E-state index < -0.39 is 0 Å². The molecule has 2 aliphatic rings. The molecule has 0 aromatic heterocycles. The van der Waals surface area contributed by atoms with Crippen molar-refractivity contribution < 1.29 is 9.47 Å². The highest BCUT2D eigenvalue weighted by atomic mass is 16.5. The maximum Gasteiger partial charge on any atom is 0.191 e. The lowest BCUT2D eigenvalue weighted by Crippen LogP contribution is -2.38. The van der Waals surface area contributed by atoms with Gasteiger partial charge in [-0.3, -0.25) is 9.89 Å². The number of nitrogens with zero attached hydrogens (tertiary/aromatic N) is 2. The second-order valence-corrected chi connectivity index (χ2v) is 7.67. The van der Waals surface area contributed by atoms with Gasteiger partial charge in [0.25, 0.3) is 0 Å². The van der Waals surface area contributed by atoms with Crippen LogP contribution in [0.15, 0.2) is 29.3 Å². The molecule has 1 aromatic rings. The first kappa shape index (κ1) is 21.1. The van der Waals surface area contributed by atoms with Crippen LogP contribution in [0.5, 0.6) is 0 Å². The summed E-state index contributed by atoms with van der Waals surface area (Å²) in [5.41, 5.74) is 2.76. The Morgan fingerprint density at radius 1 is 1.18 bits per heavy atom. The van der Waals surface area contributed by atoms with Gasteiger partial charge in [-0.1, -0.05) is 30.7 Å². The Labute approximate surface area is 169 Å². The minimum atomic E-state index is 0.286. The van der Waals surface area contributed by atoms with Gasteiger partial charge in [0.2, 0.25) is 0 Å². The number of aliphatic imine (C=N–C) groups is 1. The average molecular weight is 389 g/mol. The van der Waals surface area contributed by atoms with Gasteiger partial charge in [-0.05, 0) is 49.9 Å². The molecular formula is C22H36N4O2. The van der Waals surface area contributed by atoms with Crippen LogP contribution in [0.3, 0.4) is 0 Å². The van der Waals surface area contributed by atoms with E-state index in [1.807, 2.05) is 7.05 Å². The van der Waals surface area contributed by atoms with Crippen LogP contribution < -0.4 is 10.6 Å². The molecule has 0 radical (unpaired) electrons. The predicted octanol–water partition coefficient (Wildman–Crippen LogP) is 2.53. The molecule has 2 saturated heterocycles. The van der Waals surface area contributed by atoms with Gasteiger partial charge >= 0.3 is 0 Å². The van der Waals surface area contributed by atoms with E-state index in [-0.39, 0.29) is 6.10 Å². The third-order valence-corrected chi connectivity index (χ3v) is 5.49. The van der Waals surface area contributed by atoms with Crippen molar-refractivity contribution in [3.8, 4) is 0 Å². The molecule has 156 valence electrons. The number of rotatable bonds is 9. The number of hydrogen-bond acceptors (Lipinski definition) is 4. The lowest BCUT2D eigenvalue weighted by Gasteiger charge is -2.27. The molecule has 1 atom stereocenters. The Kier molecular flexibility index (Phi) is 9.07. The lowest BCUT2D eigenvalue weighted by atomic mass is 10.0. The van der Waals surface area contributed by atoms with Crippen LogP contribution in [-0.4, -0.2) is 63.5 Å². The highest BCUT2D eigenvalue weighted by molar-refractivity contribution is 5.79. The molecule has 0 spiro atoms. The van der Waals surface area contributed by atoms with Crippen LogP contribution in [0, 0.1) is 0 Å². The van der Waals surface area contributed by atoms with Gasteiger partial charge in [0.15, 0.2) is 5.96 Å². The van der Waals surface area contributed by atoms with Crippen LogP contribution in [-0.2, 0) is 22.6 Å². The summed E-state index contributed by atoms with van der Waals surface area (Å²) in [6.45, 7) is 7.47. The van der Waals surface area contributed by atoms with Gasteiger partial charge in [-0.25, -0.2) is 0 Å². The summed E-state index contributed by atoms with van der Waals surface area (Å²) in [6, 6.07) is 8.74. The Morgan fingerprint density at radius 3 is 2.75 bits per heavy atom. The monoisotopic (exact) mass is 388 g/mol. The lowest BCUT2D eigenvalue weighted by molar-refractivity contribution is 0.0420. The molecule has 0 saturated carbocycles. The molecule has 6 heteroatoms. The van der Waals surface area contributed by atoms with Gasteiger partial charge in [-0.15, -0.1) is 0 Å². The number of piperidine rings is 1. The molecule has 6 nitrogen and oxygen atoms in total. The normalized spacial score (nSPS) is 21.0. The van der Waals surface area contributed by atoms with Crippen LogP contribution in [0.2, 0.25) is 0 Å². The minimum Gasteiger partial charge on any atom is -0.379 e. The Morgan fingerprint density at radius 2 is 2.00 bits per heavy atom. The topological polar surface area (TPSA) is 58.1 Å². The quantitative estimate of drug-likeness (QED) is 0.387. The van der Waals surface area contributed by atoms with Crippen LogP contribution in [0.4, 0.5) is 0 Å². The predicted molar refractivity (Wildman–Crippen MR) is 114 cm³/mol. The third-order valence-electron chi connectivity index (χ3n) is 5.49. The molecule has 28 heavy (non-hydrogen) atoms. The second kappa shape index (κ2) is 12.0. The Bertz CT molecular complexity index is 596. The molecule has 1 unspecified atom stereocenters. The minimum absolute atomic E-state index is 0.286. The van der Waals surface area contributed by atoms with E-state index in [9.17, 15) is 0 Å². The second-order valence-electron chi connectivity index (χ2n) is 7.67. The van der Waals surface area contributed by atoms with Gasteiger partial charge in [-0.2, -0.15) is 0 Å². The first-order valence-corrected chi connectivity index (χ1v) is 10.8. The van der Waals surface area contributed by atoms with Crippen molar-refractivity contribution in [2.75, 3.05) is 46.5 Å². The molecule has 3 rings (SSSR count). The zero-order valence-corrected chi connectivity index (χ0v) is 17.3. The van der Waals surface area contributed by atoms with E-state index in [0.717, 1.165) is 58.3 Å². The fourth-order valence-corrected chi connectivity index (χ4v) is 3.82. The largest absolute Gasteiger partial charge is 0.379 e. The summed E-state index contributed by atoms with van der Waals surface area (Å²) >= 11 is 0. The van der Waals surface area contributed by atoms with Gasteiger partial charge in [0.05, 0.1) is 12.7 Å². The summed E-state index contributed by atoms with van der Waals surface area (Å²) in [6.07, 6.45) is 6.30. The van der Waals surface area contributed by atoms with Crippen LogP contribution in [0.25, 0.3) is 0 Å². The number of nitrogens with one attached hydrogen (secondary N) is 2. The maximum atomic E-state index is 5.81. The smallest absolute Gasteiger partial charge is 0.191 e. The zero-order chi connectivity index (χ0) is 19.4. The summed E-state index contributed by atoms with van der Waals surface area (Å²) in [7, 11) is 1.82. The molecule has 2 heterocycles. The molecule has 1 aromatic carbocycles. The fourth-order valence-electron chi connectivity index (χ4n) is 3.82. The van der Waals surface area contributed by atoms with Crippen molar-refractivity contribution in [2.45, 2.75) is 51.3 Å². The third kappa shape index (κ3) is 7.08. The van der Waals surface area contributed by atoms with E-state index in [0.29, 0.717) is 0 Å². The number of guanidine groups is 1. The molecule has 2 aliphatic heterocycles. The molecule has 2 fully saturated rings. The summed E-state index contributed by atoms with van der Waals surface area (Å²) in [5.74, 6) is 0.844. The summed E-state index contributed by atoms with van der Waals surface area (Å²) < 4.78 is 11.1. The number of ether oxygens (including phenoxy) is 2. The Hall–Kier alpha value is -1.63. The van der Waals surface area contributed by atoms with Crippen molar-refractivity contribution in [3.63, 3.8) is 0 Å². The van der Waals surface area contributed by atoms with Crippen molar-refractivity contribution in [1.82, 2.24) is 15.5 Å². The summed E-state index contributed by atoms with van der Waals surface area (Å²) in [4.78, 5) is 6.92. The average Bonchev–Trinajstić information content (AvgIpc) is 3.25. The van der Waals surface area contributed by atoms with Gasteiger partial charge in [0, 0.05) is 39.9 Å². The van der Waals surface area contributed by atoms with Gasteiger partial charge < -0.3 is 20.1 Å². The molecular weight excluding hydrogens is 352 g/mol. The van der Waals surface area contributed by atoms with Crippen LogP contribution in [0.1, 0.15) is 43.2 Å². The first-order chi connectivity index (χ1) is 13.8. The van der Waals surface area contributed by atoms with Crippen LogP contribution >= 0.6 is 0 Å². The first-order valence-electron chi connectivity index (χ1n) is 10.8. The van der Waals surface area contributed by atoms with Crippen molar-refractivity contribution >= 4 is 5.96 Å². The molecule has 0 bridgehead atoms. The number of hydrogen-bond donors (Lipinski definition) is 2. The molecule has 2 N–H and O–H groups in total. The van der Waals surface area contributed by atoms with Crippen molar-refractivity contribution in [1.29, 1.82) is 0 Å². The number of benzene rings is 1. The van der Waals surface area contributed by atoms with Crippen molar-refractivity contribution in [3.05, 3.63) is 35.4 Å². The SMILES string of the molecule is CN=C(NCCCOC1CCOC1)NCc1ccccc1CN1CCCCC1. The highest BCUT2D eigenvalue weighted by Crippen LogP contribution is 2.16. The fraction of sp³-hybridized carbons (Fsp3) is 0.682. The summed E-state index contributed by atoms with van der Waals surface area (Å²) in [5, 5.41) is 6.84. The zero-order valence-electron chi connectivity index (χ0n) is 17.3. The van der Waals surface area contributed by atoms with E-state index in [1.165, 1.54) is 43.5 Å². The standard InChI is InChI=1S/C22H36N4O2/c1-23-22(24-11-7-14-28-21-10-15-27-18-21)25-16-19-8-3-4-9-20(19)17-26-12-5-2-6-13-26/h3-4,8-9,21H,2,5-7,10-18H2,1H3,(H2,23,24,25). The highest BCUT2D eigenvalue weighted by Gasteiger charge is 2.15. The van der Waals surface area contributed by atoms with E-state index in [1.54, 1.807) is 0 Å².